The molecule has 1 atom stereocenters. The van der Waals surface area contributed by atoms with Crippen LogP contribution < -0.4 is 5.32 Å². The van der Waals surface area contributed by atoms with Crippen LogP contribution >= 0.6 is 23.4 Å². The van der Waals surface area contributed by atoms with E-state index in [0.29, 0.717) is 10.7 Å². The molecule has 0 spiro atoms. The van der Waals surface area contributed by atoms with E-state index in [1.165, 1.54) is 5.41 Å². The predicted molar refractivity (Wildman–Crippen MR) is 97.4 cm³/mol. The Bertz CT molecular complexity index is 680. The van der Waals surface area contributed by atoms with E-state index in [1.54, 1.807) is 39.0 Å². The van der Waals surface area contributed by atoms with Crippen LogP contribution in [0.3, 0.4) is 0 Å². The fourth-order valence-corrected chi connectivity index (χ4v) is 2.92. The van der Waals surface area contributed by atoms with Gasteiger partial charge in [-0.15, -0.1) is 11.8 Å². The second kappa shape index (κ2) is 8.35. The van der Waals surface area contributed by atoms with Crippen molar-refractivity contribution in [2.75, 3.05) is 5.32 Å². The van der Waals surface area contributed by atoms with Crippen molar-refractivity contribution in [2.45, 2.75) is 32.9 Å². The minimum atomic E-state index is -1.15. The van der Waals surface area contributed by atoms with Gasteiger partial charge < -0.3 is 10.4 Å². The number of rotatable bonds is 6. The predicted octanol–water partition coefficient (Wildman–Crippen LogP) is 3.90. The number of Topliss-reactive ketones (excluding diaryl/α,β-unsaturated/α-hetero) is 1. The lowest BCUT2D eigenvalue weighted by molar-refractivity contribution is -0.132. The van der Waals surface area contributed by atoms with E-state index in [-0.39, 0.29) is 5.78 Å². The van der Waals surface area contributed by atoms with Gasteiger partial charge in [-0.05, 0) is 30.0 Å². The highest BCUT2D eigenvalue weighted by molar-refractivity contribution is 8.04. The minimum Gasteiger partial charge on any atom is -0.478 e. The topological polar surface area (TPSA) is 83.5 Å². The SMILES string of the molecule is Cc1ccc(Cl)c(NC(=O)C(S/C=C/C(=O)O)C(=O)C(C)(C)C)c1. The number of halogens is 1. The molecule has 5 nitrogen and oxygen atoms in total. The number of thioether (sulfide) groups is 1. The summed E-state index contributed by atoms with van der Waals surface area (Å²) in [7, 11) is 0. The third kappa shape index (κ3) is 6.02. The lowest BCUT2D eigenvalue weighted by Crippen LogP contribution is -2.39. The standard InChI is InChI=1S/C17H20ClNO4S/c1-10-5-6-11(18)12(9-10)19-16(23)14(15(22)17(2,3)4)24-8-7-13(20)21/h5-9,14H,1-4H3,(H,19,23)(H,20,21)/b8-7+. The maximum atomic E-state index is 12.5. The fraction of sp³-hybridized carbons (Fsp3) is 0.353. The van der Waals surface area contributed by atoms with Crippen LogP contribution in [0.5, 0.6) is 0 Å². The van der Waals surface area contributed by atoms with Crippen LogP contribution in [0.15, 0.2) is 29.7 Å². The van der Waals surface area contributed by atoms with Crippen LogP contribution in [0.4, 0.5) is 5.69 Å². The van der Waals surface area contributed by atoms with Gasteiger partial charge in [0.2, 0.25) is 5.91 Å². The molecule has 1 unspecified atom stereocenters. The molecule has 2 N–H and O–H groups in total. The van der Waals surface area contributed by atoms with Crippen molar-refractivity contribution in [3.8, 4) is 0 Å². The summed E-state index contributed by atoms with van der Waals surface area (Å²) in [5.74, 6) is -1.99. The zero-order valence-corrected chi connectivity index (χ0v) is 15.5. The number of benzene rings is 1. The lowest BCUT2D eigenvalue weighted by atomic mass is 9.88. The number of carboxylic acid groups (broad SMARTS) is 1. The van der Waals surface area contributed by atoms with E-state index in [2.05, 4.69) is 5.32 Å². The molecular weight excluding hydrogens is 350 g/mol. The Morgan fingerprint density at radius 2 is 1.92 bits per heavy atom. The summed E-state index contributed by atoms with van der Waals surface area (Å²) in [5, 5.41) is 11.8. The maximum Gasteiger partial charge on any atom is 0.328 e. The number of ketones is 1. The number of carboxylic acids is 1. The molecule has 24 heavy (non-hydrogen) atoms. The molecule has 0 aliphatic heterocycles. The van der Waals surface area contributed by atoms with E-state index in [9.17, 15) is 14.4 Å². The molecule has 7 heteroatoms. The molecule has 0 saturated carbocycles. The van der Waals surface area contributed by atoms with E-state index >= 15 is 0 Å². The van der Waals surface area contributed by atoms with Crippen LogP contribution in [0.1, 0.15) is 26.3 Å². The zero-order valence-electron chi connectivity index (χ0n) is 13.9. The molecule has 0 fully saturated rings. The zero-order chi connectivity index (χ0) is 18.5. The average Bonchev–Trinajstić information content (AvgIpc) is 2.45. The van der Waals surface area contributed by atoms with Gasteiger partial charge in [0.05, 0.1) is 10.7 Å². The van der Waals surface area contributed by atoms with Crippen LogP contribution in [-0.2, 0) is 14.4 Å². The quantitative estimate of drug-likeness (QED) is 0.586. The highest BCUT2D eigenvalue weighted by atomic mass is 35.5. The number of amides is 1. The smallest absolute Gasteiger partial charge is 0.328 e. The van der Waals surface area contributed by atoms with Gasteiger partial charge in [-0.3, -0.25) is 9.59 Å². The lowest BCUT2D eigenvalue weighted by Gasteiger charge is -2.23. The summed E-state index contributed by atoms with van der Waals surface area (Å²) in [5.41, 5.74) is 0.575. The minimum absolute atomic E-state index is 0.302. The molecule has 1 aromatic rings. The molecule has 1 aromatic carbocycles. The van der Waals surface area contributed by atoms with Crippen molar-refractivity contribution < 1.29 is 19.5 Å². The molecular formula is C17H20ClNO4S. The molecule has 0 bridgehead atoms. The monoisotopic (exact) mass is 369 g/mol. The summed E-state index contributed by atoms with van der Waals surface area (Å²) >= 11 is 6.92. The number of hydrogen-bond donors (Lipinski definition) is 2. The Morgan fingerprint density at radius 1 is 1.29 bits per heavy atom. The van der Waals surface area contributed by atoms with Crippen molar-refractivity contribution in [3.63, 3.8) is 0 Å². The second-order valence-corrected chi connectivity index (χ2v) is 7.67. The van der Waals surface area contributed by atoms with Gasteiger partial charge in [-0.1, -0.05) is 38.4 Å². The van der Waals surface area contributed by atoms with Crippen molar-refractivity contribution in [3.05, 3.63) is 40.3 Å². The molecule has 0 radical (unpaired) electrons. The number of anilines is 1. The second-order valence-electron chi connectivity index (χ2n) is 6.24. The Hall–Kier alpha value is -1.79. The highest BCUT2D eigenvalue weighted by Crippen LogP contribution is 2.28. The third-order valence-corrected chi connectivity index (χ3v) is 4.34. The van der Waals surface area contributed by atoms with Gasteiger partial charge in [-0.25, -0.2) is 4.79 Å². The summed E-state index contributed by atoms with van der Waals surface area (Å²) in [6.45, 7) is 6.97. The van der Waals surface area contributed by atoms with Crippen molar-refractivity contribution in [2.24, 2.45) is 5.41 Å². The largest absolute Gasteiger partial charge is 0.478 e. The molecule has 0 aromatic heterocycles. The first-order valence-electron chi connectivity index (χ1n) is 7.18. The third-order valence-electron chi connectivity index (χ3n) is 3.02. The summed E-state index contributed by atoms with van der Waals surface area (Å²) in [4.78, 5) is 35.7. The first kappa shape index (κ1) is 20.3. The Kier molecular flexibility index (Phi) is 7.05. The van der Waals surface area contributed by atoms with Crippen molar-refractivity contribution in [1.82, 2.24) is 0 Å². The van der Waals surface area contributed by atoms with Crippen molar-refractivity contribution in [1.29, 1.82) is 0 Å². The van der Waals surface area contributed by atoms with Gasteiger partial charge in [0.15, 0.2) is 5.78 Å². The number of nitrogens with one attached hydrogen (secondary N) is 1. The van der Waals surface area contributed by atoms with Crippen LogP contribution in [0.2, 0.25) is 5.02 Å². The number of hydrogen-bond acceptors (Lipinski definition) is 4. The van der Waals surface area contributed by atoms with E-state index < -0.39 is 22.5 Å². The molecule has 0 aliphatic carbocycles. The number of carbonyl (C=O) groups excluding carboxylic acids is 2. The van der Waals surface area contributed by atoms with Crippen LogP contribution in [0.25, 0.3) is 0 Å². The fourth-order valence-electron chi connectivity index (χ4n) is 1.75. The first-order chi connectivity index (χ1) is 11.0. The van der Waals surface area contributed by atoms with Gasteiger partial charge in [0, 0.05) is 11.5 Å². The van der Waals surface area contributed by atoms with Gasteiger partial charge >= 0.3 is 5.97 Å². The highest BCUT2D eigenvalue weighted by Gasteiger charge is 2.34. The number of aliphatic carboxylic acids is 1. The van der Waals surface area contributed by atoms with Crippen LogP contribution in [-0.4, -0.2) is 28.0 Å². The van der Waals surface area contributed by atoms with Gasteiger partial charge in [0.1, 0.15) is 5.25 Å². The van der Waals surface area contributed by atoms with Crippen LogP contribution in [0, 0.1) is 12.3 Å². The number of aryl methyl sites for hydroxylation is 1. The van der Waals surface area contributed by atoms with E-state index in [4.69, 9.17) is 16.7 Å². The van der Waals surface area contributed by atoms with E-state index in [0.717, 1.165) is 23.4 Å². The van der Waals surface area contributed by atoms with E-state index in [1.807, 2.05) is 6.92 Å². The average molecular weight is 370 g/mol. The maximum absolute atomic E-state index is 12.5. The normalized spacial score (nSPS) is 12.9. The Morgan fingerprint density at radius 3 is 2.46 bits per heavy atom. The molecule has 1 amide bonds. The van der Waals surface area contributed by atoms with Gasteiger partial charge in [0.25, 0.3) is 0 Å². The Labute approximate surface area is 150 Å². The Balaban J connectivity index is 3.04. The van der Waals surface area contributed by atoms with Crippen molar-refractivity contribution >= 4 is 46.7 Å². The summed E-state index contributed by atoms with van der Waals surface area (Å²) in [6.07, 6.45) is 0.889. The molecule has 130 valence electrons. The molecule has 0 heterocycles. The van der Waals surface area contributed by atoms with Gasteiger partial charge in [-0.2, -0.15) is 0 Å². The first-order valence-corrected chi connectivity index (χ1v) is 8.50. The molecule has 1 rings (SSSR count). The number of carbonyl (C=O) groups is 3. The summed E-state index contributed by atoms with van der Waals surface area (Å²) in [6, 6.07) is 5.17. The summed E-state index contributed by atoms with van der Waals surface area (Å²) < 4.78 is 0. The molecule has 0 aliphatic rings. The molecule has 0 saturated heterocycles.